The summed E-state index contributed by atoms with van der Waals surface area (Å²) in [5, 5.41) is 25.5. The Kier molecular flexibility index (Phi) is 14.3. The van der Waals surface area contributed by atoms with Gasteiger partial charge in [0.05, 0.1) is 13.0 Å². The zero-order valence-corrected chi connectivity index (χ0v) is 13.4. The Morgan fingerprint density at radius 3 is 2.08 bits per heavy atom. The van der Waals surface area contributed by atoms with Crippen molar-refractivity contribution >= 4 is 29.8 Å². The first-order valence-corrected chi connectivity index (χ1v) is 6.85. The third kappa shape index (κ3) is 21.2. The maximum atomic E-state index is 10.9. The molecule has 136 valence electrons. The van der Waals surface area contributed by atoms with E-state index in [2.05, 4.69) is 21.3 Å². The molecular formula is C13H22N4O7. The highest BCUT2D eigenvalue weighted by Gasteiger charge is 2.01. The summed E-state index contributed by atoms with van der Waals surface area (Å²) in [6.45, 7) is 3.56. The summed E-state index contributed by atoms with van der Waals surface area (Å²) < 4.78 is 0. The second-order valence-electron chi connectivity index (χ2n) is 4.08. The van der Waals surface area contributed by atoms with Gasteiger partial charge in [-0.1, -0.05) is 0 Å². The first-order valence-electron chi connectivity index (χ1n) is 6.85. The Morgan fingerprint density at radius 2 is 1.62 bits per heavy atom. The van der Waals surface area contributed by atoms with E-state index < -0.39 is 23.9 Å². The minimum Gasteiger partial charge on any atom is -0.481 e. The van der Waals surface area contributed by atoms with Crippen molar-refractivity contribution in [3.8, 4) is 0 Å². The van der Waals surface area contributed by atoms with Gasteiger partial charge in [0.15, 0.2) is 0 Å². The zero-order valence-electron chi connectivity index (χ0n) is 13.4. The molecule has 0 heterocycles. The lowest BCUT2D eigenvalue weighted by Crippen LogP contribution is -2.40. The Hall–Kier alpha value is -3.11. The number of aliphatic carboxylic acids is 2. The van der Waals surface area contributed by atoms with Crippen LogP contribution in [0.3, 0.4) is 0 Å². The van der Waals surface area contributed by atoms with Gasteiger partial charge < -0.3 is 31.5 Å². The van der Waals surface area contributed by atoms with Crippen molar-refractivity contribution in [2.75, 3.05) is 19.6 Å². The minimum atomic E-state index is -1.16. The molecule has 4 amide bonds. The quantitative estimate of drug-likeness (QED) is 0.293. The number of carbonyl (C=O) groups excluding carboxylic acids is 3. The molecule has 0 saturated heterocycles. The molecule has 0 bridgehead atoms. The van der Waals surface area contributed by atoms with Crippen molar-refractivity contribution < 1.29 is 34.2 Å². The lowest BCUT2D eigenvalue weighted by molar-refractivity contribution is -0.137. The van der Waals surface area contributed by atoms with Crippen molar-refractivity contribution in [3.05, 3.63) is 12.3 Å². The first-order chi connectivity index (χ1) is 11.2. The van der Waals surface area contributed by atoms with E-state index in [1.807, 2.05) is 0 Å². The average Bonchev–Trinajstić information content (AvgIpc) is 2.45. The Labute approximate surface area is 138 Å². The molecule has 0 saturated carbocycles. The van der Waals surface area contributed by atoms with Crippen LogP contribution in [-0.4, -0.2) is 59.6 Å². The predicted octanol–water partition coefficient (Wildman–Crippen LogP) is -1.38. The lowest BCUT2D eigenvalue weighted by Gasteiger charge is -2.04. The molecule has 0 aliphatic rings. The summed E-state index contributed by atoms with van der Waals surface area (Å²) in [5.41, 5.74) is 0. The van der Waals surface area contributed by atoms with E-state index in [0.29, 0.717) is 6.54 Å². The Morgan fingerprint density at radius 1 is 1.00 bits per heavy atom. The van der Waals surface area contributed by atoms with E-state index in [0.717, 1.165) is 12.3 Å². The third-order valence-corrected chi connectivity index (χ3v) is 1.93. The van der Waals surface area contributed by atoms with Gasteiger partial charge in [-0.25, -0.2) is 9.59 Å². The van der Waals surface area contributed by atoms with Crippen LogP contribution in [0, 0.1) is 0 Å². The van der Waals surface area contributed by atoms with Crippen molar-refractivity contribution in [2.45, 2.75) is 20.3 Å². The molecule has 0 spiro atoms. The third-order valence-electron chi connectivity index (χ3n) is 1.93. The Bertz CT molecular complexity index is 463. The summed E-state index contributed by atoms with van der Waals surface area (Å²) >= 11 is 0. The maximum absolute atomic E-state index is 10.9. The monoisotopic (exact) mass is 346 g/mol. The molecule has 11 nitrogen and oxygen atoms in total. The summed E-state index contributed by atoms with van der Waals surface area (Å²) in [6, 6.07) is -0.449. The number of urea groups is 1. The van der Waals surface area contributed by atoms with E-state index in [1.54, 1.807) is 6.92 Å². The van der Waals surface area contributed by atoms with Gasteiger partial charge in [-0.05, 0) is 6.92 Å². The molecule has 0 aromatic rings. The summed E-state index contributed by atoms with van der Waals surface area (Å²) in [6.07, 6.45) is 1.76. The average molecular weight is 346 g/mol. The van der Waals surface area contributed by atoms with Gasteiger partial charge in [0.25, 0.3) is 0 Å². The molecule has 0 aliphatic carbocycles. The number of carbonyl (C=O) groups is 5. The summed E-state index contributed by atoms with van der Waals surface area (Å²) in [4.78, 5) is 51.7. The van der Waals surface area contributed by atoms with Crippen LogP contribution in [0.15, 0.2) is 12.3 Å². The van der Waals surface area contributed by atoms with Crippen molar-refractivity contribution in [1.82, 2.24) is 21.3 Å². The van der Waals surface area contributed by atoms with Gasteiger partial charge in [-0.15, -0.1) is 0 Å². The molecule has 24 heavy (non-hydrogen) atoms. The van der Waals surface area contributed by atoms with Crippen LogP contribution in [-0.2, 0) is 19.2 Å². The Balaban J connectivity index is 0. The number of hydrogen-bond acceptors (Lipinski definition) is 5. The largest absolute Gasteiger partial charge is 0.481 e. The molecule has 0 atom stereocenters. The smallest absolute Gasteiger partial charge is 0.329 e. The van der Waals surface area contributed by atoms with Crippen LogP contribution in [0.2, 0.25) is 0 Å². The predicted molar refractivity (Wildman–Crippen MR) is 82.9 cm³/mol. The molecule has 0 aromatic heterocycles. The van der Waals surface area contributed by atoms with Gasteiger partial charge in [0.2, 0.25) is 11.8 Å². The molecule has 0 aromatic carbocycles. The topological polar surface area (TPSA) is 174 Å². The molecule has 0 unspecified atom stereocenters. The minimum absolute atomic E-state index is 0.0143. The second-order valence-corrected chi connectivity index (χ2v) is 4.08. The number of nitrogens with one attached hydrogen (secondary N) is 4. The van der Waals surface area contributed by atoms with Gasteiger partial charge in [0, 0.05) is 32.3 Å². The molecule has 0 aliphatic heterocycles. The molecule has 11 heteroatoms. The number of rotatable bonds is 8. The van der Waals surface area contributed by atoms with Crippen LogP contribution in [0.1, 0.15) is 20.3 Å². The fourth-order valence-electron chi connectivity index (χ4n) is 0.986. The van der Waals surface area contributed by atoms with E-state index in [9.17, 15) is 24.0 Å². The highest BCUT2D eigenvalue weighted by atomic mass is 16.4. The highest BCUT2D eigenvalue weighted by molar-refractivity contribution is 5.85. The van der Waals surface area contributed by atoms with E-state index in [1.165, 1.54) is 6.92 Å². The fraction of sp³-hybridized carbons (Fsp3) is 0.462. The SMILES string of the molecule is CC(=O)NCCC(=O)O.CCNC(=O)NCC(=O)N/C=C/C(=O)O. The van der Waals surface area contributed by atoms with Crippen LogP contribution >= 0.6 is 0 Å². The maximum Gasteiger partial charge on any atom is 0.329 e. The van der Waals surface area contributed by atoms with Crippen LogP contribution in [0.25, 0.3) is 0 Å². The normalized spacial score (nSPS) is 9.25. The van der Waals surface area contributed by atoms with Crippen LogP contribution in [0.4, 0.5) is 4.79 Å². The molecule has 0 rings (SSSR count). The second kappa shape index (κ2) is 14.8. The van der Waals surface area contributed by atoms with E-state index >= 15 is 0 Å². The van der Waals surface area contributed by atoms with Crippen LogP contribution < -0.4 is 21.3 Å². The van der Waals surface area contributed by atoms with Gasteiger partial charge in [0.1, 0.15) is 0 Å². The van der Waals surface area contributed by atoms with Gasteiger partial charge >= 0.3 is 18.0 Å². The molecule has 6 N–H and O–H groups in total. The van der Waals surface area contributed by atoms with Gasteiger partial charge in [-0.2, -0.15) is 0 Å². The molecular weight excluding hydrogens is 324 g/mol. The summed E-state index contributed by atoms with van der Waals surface area (Å²) in [7, 11) is 0. The van der Waals surface area contributed by atoms with Crippen LogP contribution in [0.5, 0.6) is 0 Å². The number of amides is 4. The van der Waals surface area contributed by atoms with Gasteiger partial charge in [-0.3, -0.25) is 14.4 Å². The van der Waals surface area contributed by atoms with E-state index in [-0.39, 0.29) is 25.4 Å². The number of hydrogen-bond donors (Lipinski definition) is 6. The highest BCUT2D eigenvalue weighted by Crippen LogP contribution is 1.74. The number of carboxylic acids is 2. The number of carboxylic acid groups (broad SMARTS) is 2. The van der Waals surface area contributed by atoms with Crippen molar-refractivity contribution in [1.29, 1.82) is 0 Å². The standard InChI is InChI=1S/C8H13N3O4.C5H9NO3/c1-2-9-8(15)11-5-6(12)10-4-3-7(13)14;1-4(7)6-3-2-5(8)9/h3-4H,2,5H2,1H3,(H,10,12)(H,13,14)(H2,9,11,15);2-3H2,1H3,(H,6,7)(H,8,9)/b4-3+;. The zero-order chi connectivity index (χ0) is 19.0. The molecule has 0 fully saturated rings. The lowest BCUT2D eigenvalue weighted by atomic mass is 10.4. The summed E-state index contributed by atoms with van der Waals surface area (Å²) in [5.74, 6) is -2.76. The first kappa shape index (κ1) is 23.2. The van der Waals surface area contributed by atoms with E-state index in [4.69, 9.17) is 10.2 Å². The fourth-order valence-corrected chi connectivity index (χ4v) is 0.986. The molecule has 0 radical (unpaired) electrons. The van der Waals surface area contributed by atoms with Crippen molar-refractivity contribution in [2.24, 2.45) is 0 Å². The van der Waals surface area contributed by atoms with Crippen molar-refractivity contribution in [3.63, 3.8) is 0 Å².